The van der Waals surface area contributed by atoms with Gasteiger partial charge >= 0.3 is 103 Å². The van der Waals surface area contributed by atoms with Crippen LogP contribution in [-0.2, 0) is 9.59 Å². The Morgan fingerprint density at radius 3 is 1.28 bits per heavy atom. The van der Waals surface area contributed by atoms with E-state index in [1.807, 2.05) is 0 Å². The van der Waals surface area contributed by atoms with Crippen molar-refractivity contribution in [1.82, 2.24) is 0 Å². The maximum Gasteiger partial charge on any atom is 1.00 e. The van der Waals surface area contributed by atoms with Crippen LogP contribution in [0, 0.1) is 0 Å². The largest absolute Gasteiger partial charge is 1.00 e. The molecule has 0 aromatic rings. The van der Waals surface area contributed by atoms with Gasteiger partial charge in [-0.25, -0.2) is 0 Å². The summed E-state index contributed by atoms with van der Waals surface area (Å²) in [5.41, 5.74) is 0. The quantitative estimate of drug-likeness (QED) is 0.350. The Hall–Kier alpha value is 3.09. The van der Waals surface area contributed by atoms with Gasteiger partial charge in [0.15, 0.2) is 0 Å². The van der Waals surface area contributed by atoms with Crippen molar-refractivity contribution in [2.24, 2.45) is 0 Å². The SMILES string of the molecule is O=C([O-])C1C=CSS1.O=C([O-])C1C=CSS1.[K+].[K+]. The molecule has 2 atom stereocenters. The summed E-state index contributed by atoms with van der Waals surface area (Å²) in [5.74, 6) is -2.01. The third-order valence-corrected chi connectivity index (χ3v) is 5.85. The van der Waals surface area contributed by atoms with Crippen LogP contribution in [0.25, 0.3) is 0 Å². The molecule has 4 nitrogen and oxygen atoms in total. The van der Waals surface area contributed by atoms with Crippen LogP contribution in [0.1, 0.15) is 0 Å². The van der Waals surface area contributed by atoms with Gasteiger partial charge < -0.3 is 19.8 Å². The minimum Gasteiger partial charge on any atom is -0.549 e. The van der Waals surface area contributed by atoms with Crippen molar-refractivity contribution in [2.75, 3.05) is 0 Å². The number of hydrogen-bond donors (Lipinski definition) is 0. The van der Waals surface area contributed by atoms with Crippen molar-refractivity contribution in [2.45, 2.75) is 10.5 Å². The second-order valence-electron chi connectivity index (χ2n) is 2.52. The van der Waals surface area contributed by atoms with Crippen LogP contribution in [0.4, 0.5) is 0 Å². The number of aliphatic carboxylic acids is 2. The Kier molecular flexibility index (Phi) is 17.8. The van der Waals surface area contributed by atoms with E-state index in [1.165, 1.54) is 43.2 Å². The summed E-state index contributed by atoms with van der Waals surface area (Å²) in [5, 5.41) is 22.7. The predicted octanol–water partition coefficient (Wildman–Crippen LogP) is -5.96. The van der Waals surface area contributed by atoms with Crippen molar-refractivity contribution < 1.29 is 123 Å². The van der Waals surface area contributed by atoms with Crippen LogP contribution in [0.15, 0.2) is 23.0 Å². The minimum atomic E-state index is -1.00. The fraction of sp³-hybridized carbons (Fsp3) is 0.250. The van der Waals surface area contributed by atoms with E-state index < -0.39 is 22.4 Å². The van der Waals surface area contributed by atoms with E-state index in [-0.39, 0.29) is 103 Å². The number of carbonyl (C=O) groups is 2. The Bertz CT molecular complexity index is 305. The molecule has 0 fully saturated rings. The van der Waals surface area contributed by atoms with Gasteiger partial charge in [-0.2, -0.15) is 0 Å². The first kappa shape index (κ1) is 23.4. The third kappa shape index (κ3) is 9.93. The first-order valence-corrected chi connectivity index (χ1v) is 8.56. The van der Waals surface area contributed by atoms with E-state index in [1.54, 1.807) is 23.0 Å². The van der Waals surface area contributed by atoms with Gasteiger partial charge in [-0.05, 0) is 10.8 Å². The molecule has 0 N–H and O–H groups in total. The molecule has 0 aromatic carbocycles. The average molecular weight is 373 g/mol. The van der Waals surface area contributed by atoms with Crippen LogP contribution in [-0.4, -0.2) is 22.4 Å². The van der Waals surface area contributed by atoms with Gasteiger partial charge in [-0.15, -0.1) is 0 Å². The van der Waals surface area contributed by atoms with E-state index in [4.69, 9.17) is 0 Å². The minimum absolute atomic E-state index is 0. The Morgan fingerprint density at radius 2 is 1.17 bits per heavy atom. The molecule has 18 heavy (non-hydrogen) atoms. The standard InChI is InChI=1S/2C4H4O2S2.2K/c2*5-4(6)3-1-2-7-8-3;;/h2*1-3H,(H,5,6);;/q;;2*+1/p-2. The summed E-state index contributed by atoms with van der Waals surface area (Å²) >= 11 is 0. The fourth-order valence-corrected chi connectivity index (χ4v) is 4.49. The van der Waals surface area contributed by atoms with Gasteiger partial charge in [0.1, 0.15) is 0 Å². The van der Waals surface area contributed by atoms with Crippen LogP contribution < -0.4 is 113 Å². The third-order valence-electron chi connectivity index (χ3n) is 1.40. The first-order chi connectivity index (χ1) is 7.61. The summed E-state index contributed by atoms with van der Waals surface area (Å²) < 4.78 is 0. The van der Waals surface area contributed by atoms with E-state index in [0.717, 1.165) is 0 Å². The fourth-order valence-electron chi connectivity index (χ4n) is 0.691. The Balaban J connectivity index is 0. The molecule has 0 radical (unpaired) electrons. The number of carbonyl (C=O) groups excluding carboxylic acids is 2. The summed E-state index contributed by atoms with van der Waals surface area (Å²) in [6.07, 6.45) is 3.23. The molecule has 2 aliphatic rings. The Morgan fingerprint density at radius 1 is 0.833 bits per heavy atom. The summed E-state index contributed by atoms with van der Waals surface area (Å²) in [4.78, 5) is 20.0. The molecule has 88 valence electrons. The summed E-state index contributed by atoms with van der Waals surface area (Å²) in [6, 6.07) is 0. The van der Waals surface area contributed by atoms with Crippen molar-refractivity contribution in [3.63, 3.8) is 0 Å². The molecule has 0 saturated heterocycles. The smallest absolute Gasteiger partial charge is 0.549 e. The van der Waals surface area contributed by atoms with E-state index in [0.29, 0.717) is 0 Å². The maximum absolute atomic E-state index is 10.0. The van der Waals surface area contributed by atoms with Crippen molar-refractivity contribution in [3.8, 4) is 0 Å². The molecule has 10 heteroatoms. The van der Waals surface area contributed by atoms with Gasteiger partial charge in [-0.3, -0.25) is 0 Å². The number of rotatable bonds is 2. The van der Waals surface area contributed by atoms with Crippen molar-refractivity contribution in [1.29, 1.82) is 0 Å². The number of hydrogen-bond acceptors (Lipinski definition) is 8. The van der Waals surface area contributed by atoms with Gasteiger partial charge in [0.05, 0.1) is 22.4 Å². The summed E-state index contributed by atoms with van der Waals surface area (Å²) in [6.45, 7) is 0. The zero-order valence-corrected chi connectivity index (χ0v) is 19.2. The topological polar surface area (TPSA) is 80.3 Å². The van der Waals surface area contributed by atoms with E-state index >= 15 is 0 Å². The van der Waals surface area contributed by atoms with Gasteiger partial charge in [-0.1, -0.05) is 55.3 Å². The summed E-state index contributed by atoms with van der Waals surface area (Å²) in [7, 11) is 5.44. The second kappa shape index (κ2) is 13.7. The zero-order chi connectivity index (χ0) is 12.0. The second-order valence-corrected chi connectivity index (χ2v) is 7.16. The molecule has 2 aliphatic heterocycles. The zero-order valence-electron chi connectivity index (χ0n) is 9.73. The van der Waals surface area contributed by atoms with Gasteiger partial charge in [0, 0.05) is 0 Å². The normalized spacial score (nSPS) is 23.3. The molecule has 0 aliphatic carbocycles. The van der Waals surface area contributed by atoms with Crippen LogP contribution in [0.3, 0.4) is 0 Å². The van der Waals surface area contributed by atoms with E-state index in [9.17, 15) is 19.8 Å². The molecule has 0 bridgehead atoms. The van der Waals surface area contributed by atoms with E-state index in [2.05, 4.69) is 0 Å². The molecular formula is C8H6K2O4S4. The molecular weight excluding hydrogens is 367 g/mol. The molecule has 2 heterocycles. The monoisotopic (exact) mass is 372 g/mol. The molecule has 0 saturated carbocycles. The molecule has 2 unspecified atom stereocenters. The molecule has 0 spiro atoms. The van der Waals surface area contributed by atoms with Crippen molar-refractivity contribution >= 4 is 55.1 Å². The van der Waals surface area contributed by atoms with Crippen LogP contribution >= 0.6 is 43.2 Å². The van der Waals surface area contributed by atoms with Crippen molar-refractivity contribution in [3.05, 3.63) is 23.0 Å². The maximum atomic E-state index is 10.0. The predicted molar refractivity (Wildman–Crippen MR) is 66.2 cm³/mol. The van der Waals surface area contributed by atoms with Gasteiger partial charge in [0.25, 0.3) is 0 Å². The van der Waals surface area contributed by atoms with Crippen LogP contribution in [0.5, 0.6) is 0 Å². The van der Waals surface area contributed by atoms with Crippen LogP contribution in [0.2, 0.25) is 0 Å². The molecule has 0 amide bonds. The number of carboxylic acids is 2. The average Bonchev–Trinajstić information content (AvgIpc) is 2.93. The van der Waals surface area contributed by atoms with Gasteiger partial charge in [0.2, 0.25) is 0 Å². The molecule has 2 rings (SSSR count). The molecule has 0 aromatic heterocycles. The first-order valence-electron chi connectivity index (χ1n) is 4.00. The Labute approximate surface area is 206 Å². The number of carboxylic acid groups (broad SMARTS) is 2.